The highest BCUT2D eigenvalue weighted by Gasteiger charge is 2.31. The summed E-state index contributed by atoms with van der Waals surface area (Å²) in [6, 6.07) is -0.371. The number of ether oxygens (including phenoxy) is 1. The van der Waals surface area contributed by atoms with E-state index >= 15 is 0 Å². The summed E-state index contributed by atoms with van der Waals surface area (Å²) in [7, 11) is 1.30. The lowest BCUT2D eigenvalue weighted by Crippen LogP contribution is -2.40. The summed E-state index contributed by atoms with van der Waals surface area (Å²) >= 11 is 0. The number of amides is 2. The summed E-state index contributed by atoms with van der Waals surface area (Å²) in [6.07, 6.45) is -0.991. The van der Waals surface area contributed by atoms with E-state index in [-0.39, 0.29) is 30.9 Å². The molecule has 0 bridgehead atoms. The van der Waals surface area contributed by atoms with Gasteiger partial charge < -0.3 is 25.2 Å². The van der Waals surface area contributed by atoms with Crippen LogP contribution in [0.3, 0.4) is 0 Å². The van der Waals surface area contributed by atoms with Crippen LogP contribution >= 0.6 is 0 Å². The molecule has 1 saturated heterocycles. The van der Waals surface area contributed by atoms with Crippen LogP contribution in [0.4, 0.5) is 4.79 Å². The van der Waals surface area contributed by atoms with Crippen LogP contribution in [-0.2, 0) is 14.3 Å². The van der Waals surface area contributed by atoms with Gasteiger partial charge in [-0.1, -0.05) is 0 Å². The van der Waals surface area contributed by atoms with Gasteiger partial charge in [0.25, 0.3) is 0 Å². The molecular formula is C11H18N2O6. The fraction of sp³-hybridized carbons (Fsp3) is 0.727. The van der Waals surface area contributed by atoms with Crippen molar-refractivity contribution in [3.8, 4) is 0 Å². The van der Waals surface area contributed by atoms with Gasteiger partial charge in [0.1, 0.15) is 0 Å². The number of carboxylic acids is 1. The van der Waals surface area contributed by atoms with Gasteiger partial charge in [0.05, 0.1) is 13.0 Å². The highest BCUT2D eigenvalue weighted by atomic mass is 16.5. The van der Waals surface area contributed by atoms with Crippen LogP contribution in [-0.4, -0.2) is 65.9 Å². The number of methoxy groups -OCH3 is 1. The van der Waals surface area contributed by atoms with Gasteiger partial charge in [-0.25, -0.2) is 9.59 Å². The minimum atomic E-state index is -1.48. The van der Waals surface area contributed by atoms with E-state index in [2.05, 4.69) is 10.1 Å². The Balaban J connectivity index is 2.28. The third kappa shape index (κ3) is 4.40. The summed E-state index contributed by atoms with van der Waals surface area (Å²) in [5.41, 5.74) is 0. The SMILES string of the molecule is COC(=O)C1CCN(C(=O)NCCC(O)C(=O)O)C1. The number of aliphatic hydroxyl groups excluding tert-OH is 1. The third-order valence-corrected chi connectivity index (χ3v) is 2.99. The zero-order valence-electron chi connectivity index (χ0n) is 10.7. The smallest absolute Gasteiger partial charge is 0.332 e. The largest absolute Gasteiger partial charge is 0.479 e. The molecule has 0 saturated carbocycles. The minimum absolute atomic E-state index is 0.0602. The number of likely N-dealkylation sites (tertiary alicyclic amines) is 1. The Morgan fingerprint density at radius 1 is 1.47 bits per heavy atom. The van der Waals surface area contributed by atoms with E-state index in [4.69, 9.17) is 10.2 Å². The fourth-order valence-corrected chi connectivity index (χ4v) is 1.85. The molecule has 0 aromatic rings. The van der Waals surface area contributed by atoms with Crippen molar-refractivity contribution in [3.63, 3.8) is 0 Å². The highest BCUT2D eigenvalue weighted by Crippen LogP contribution is 2.17. The van der Waals surface area contributed by atoms with Gasteiger partial charge in [-0.05, 0) is 6.42 Å². The van der Waals surface area contributed by atoms with Crippen LogP contribution in [0.25, 0.3) is 0 Å². The predicted molar refractivity (Wildman–Crippen MR) is 63.4 cm³/mol. The van der Waals surface area contributed by atoms with Crippen molar-refractivity contribution < 1.29 is 29.3 Å². The van der Waals surface area contributed by atoms with Crippen molar-refractivity contribution in [2.75, 3.05) is 26.7 Å². The second-order valence-electron chi connectivity index (χ2n) is 4.33. The van der Waals surface area contributed by atoms with Crippen molar-refractivity contribution in [3.05, 3.63) is 0 Å². The normalized spacial score (nSPS) is 19.9. The summed E-state index contributed by atoms with van der Waals surface area (Å²) in [4.78, 5) is 34.8. The number of hydrogen-bond donors (Lipinski definition) is 3. The molecule has 0 aromatic carbocycles. The molecule has 19 heavy (non-hydrogen) atoms. The van der Waals surface area contributed by atoms with Crippen LogP contribution in [0.5, 0.6) is 0 Å². The van der Waals surface area contributed by atoms with Crippen LogP contribution < -0.4 is 5.32 Å². The van der Waals surface area contributed by atoms with Crippen LogP contribution in [0.15, 0.2) is 0 Å². The van der Waals surface area contributed by atoms with Gasteiger partial charge in [0, 0.05) is 26.1 Å². The number of aliphatic carboxylic acids is 1. The Bertz CT molecular complexity index is 359. The van der Waals surface area contributed by atoms with E-state index < -0.39 is 12.1 Å². The molecule has 8 heteroatoms. The molecule has 1 fully saturated rings. The summed E-state index contributed by atoms with van der Waals surface area (Å²) in [5, 5.41) is 20.0. The quantitative estimate of drug-likeness (QED) is 0.555. The predicted octanol–water partition coefficient (Wildman–Crippen LogP) is -0.973. The van der Waals surface area contributed by atoms with E-state index in [9.17, 15) is 14.4 Å². The number of nitrogens with one attached hydrogen (secondary N) is 1. The number of carboxylic acid groups (broad SMARTS) is 1. The number of rotatable bonds is 5. The number of carbonyl (C=O) groups excluding carboxylic acids is 2. The van der Waals surface area contributed by atoms with Crippen molar-refractivity contribution in [1.82, 2.24) is 10.2 Å². The second kappa shape index (κ2) is 6.93. The summed E-state index contributed by atoms with van der Waals surface area (Å²) in [6.45, 7) is 0.804. The van der Waals surface area contributed by atoms with Gasteiger partial charge in [-0.2, -0.15) is 0 Å². The molecule has 0 spiro atoms. The molecule has 2 atom stereocenters. The molecule has 1 aliphatic heterocycles. The molecule has 108 valence electrons. The van der Waals surface area contributed by atoms with Crippen molar-refractivity contribution in [2.24, 2.45) is 5.92 Å². The molecule has 2 amide bonds. The van der Waals surface area contributed by atoms with Gasteiger partial charge in [-0.15, -0.1) is 0 Å². The first kappa shape index (κ1) is 15.2. The molecule has 2 unspecified atom stereocenters. The first-order chi connectivity index (χ1) is 8.95. The van der Waals surface area contributed by atoms with Crippen LogP contribution in [0.2, 0.25) is 0 Å². The maximum atomic E-state index is 11.7. The van der Waals surface area contributed by atoms with Gasteiger partial charge in [0.15, 0.2) is 6.10 Å². The standard InChI is InChI=1S/C11H18N2O6/c1-19-10(17)7-3-5-13(6-7)11(18)12-4-2-8(14)9(15)16/h7-8,14H,2-6H2,1H3,(H,12,18)(H,15,16). The molecule has 1 aliphatic rings. The Labute approximate surface area is 110 Å². The van der Waals surface area contributed by atoms with E-state index in [1.165, 1.54) is 12.0 Å². The first-order valence-corrected chi connectivity index (χ1v) is 5.97. The zero-order valence-corrected chi connectivity index (χ0v) is 10.7. The monoisotopic (exact) mass is 274 g/mol. The second-order valence-corrected chi connectivity index (χ2v) is 4.33. The van der Waals surface area contributed by atoms with Crippen molar-refractivity contribution in [2.45, 2.75) is 18.9 Å². The van der Waals surface area contributed by atoms with Gasteiger partial charge in [-0.3, -0.25) is 4.79 Å². The fourth-order valence-electron chi connectivity index (χ4n) is 1.85. The highest BCUT2D eigenvalue weighted by molar-refractivity contribution is 5.78. The molecule has 0 aromatic heterocycles. The number of urea groups is 1. The molecule has 0 radical (unpaired) electrons. The lowest BCUT2D eigenvalue weighted by Gasteiger charge is -2.17. The minimum Gasteiger partial charge on any atom is -0.479 e. The maximum Gasteiger partial charge on any atom is 0.332 e. The van der Waals surface area contributed by atoms with E-state index in [1.54, 1.807) is 0 Å². The molecule has 1 heterocycles. The third-order valence-electron chi connectivity index (χ3n) is 2.99. The number of esters is 1. The topological polar surface area (TPSA) is 116 Å². The number of aliphatic hydroxyl groups is 1. The zero-order chi connectivity index (χ0) is 14.4. The Morgan fingerprint density at radius 2 is 2.16 bits per heavy atom. The number of hydrogen-bond acceptors (Lipinski definition) is 5. The molecule has 0 aliphatic carbocycles. The summed E-state index contributed by atoms with van der Waals surface area (Å²) < 4.78 is 4.61. The molecular weight excluding hydrogens is 256 g/mol. The Kier molecular flexibility index (Phi) is 5.56. The Morgan fingerprint density at radius 3 is 2.74 bits per heavy atom. The number of nitrogens with zero attached hydrogens (tertiary/aromatic N) is 1. The maximum absolute atomic E-state index is 11.7. The molecule has 3 N–H and O–H groups in total. The average Bonchev–Trinajstić information content (AvgIpc) is 2.86. The van der Waals surface area contributed by atoms with Crippen LogP contribution in [0.1, 0.15) is 12.8 Å². The van der Waals surface area contributed by atoms with Crippen molar-refractivity contribution >= 4 is 18.0 Å². The van der Waals surface area contributed by atoms with Crippen LogP contribution in [0, 0.1) is 5.92 Å². The lowest BCUT2D eigenvalue weighted by atomic mass is 10.1. The lowest BCUT2D eigenvalue weighted by molar-refractivity contribution is -0.147. The van der Waals surface area contributed by atoms with Gasteiger partial charge >= 0.3 is 18.0 Å². The van der Waals surface area contributed by atoms with E-state index in [0.29, 0.717) is 19.5 Å². The Hall–Kier alpha value is -1.83. The van der Waals surface area contributed by atoms with Crippen molar-refractivity contribution in [1.29, 1.82) is 0 Å². The molecule has 1 rings (SSSR count). The summed E-state index contributed by atoms with van der Waals surface area (Å²) in [5.74, 6) is -1.96. The first-order valence-electron chi connectivity index (χ1n) is 5.97. The average molecular weight is 274 g/mol. The number of carbonyl (C=O) groups is 3. The van der Waals surface area contributed by atoms with E-state index in [0.717, 1.165) is 0 Å². The van der Waals surface area contributed by atoms with E-state index in [1.807, 2.05) is 0 Å². The van der Waals surface area contributed by atoms with Gasteiger partial charge in [0.2, 0.25) is 0 Å². The molecule has 8 nitrogen and oxygen atoms in total.